The lowest BCUT2D eigenvalue weighted by Crippen LogP contribution is -2.03. The van der Waals surface area contributed by atoms with Crippen molar-refractivity contribution in [2.24, 2.45) is 0 Å². The predicted octanol–water partition coefficient (Wildman–Crippen LogP) is 2.95. The Kier molecular flexibility index (Phi) is 4.57. The average molecular weight is 367 g/mol. The lowest BCUT2D eigenvalue weighted by molar-refractivity contribution is -0.215. The van der Waals surface area contributed by atoms with Crippen LogP contribution in [0.1, 0.15) is 5.56 Å². The molecule has 3 aromatic rings. The number of aromatic amines is 1. The van der Waals surface area contributed by atoms with Crippen LogP contribution in [0.2, 0.25) is 0 Å². The van der Waals surface area contributed by atoms with Gasteiger partial charge in [-0.25, -0.2) is 20.7 Å². The number of nitrogens with zero attached hydrogens (tertiary/aromatic N) is 3. The van der Waals surface area contributed by atoms with Crippen molar-refractivity contribution in [2.45, 2.75) is 6.92 Å². The summed E-state index contributed by atoms with van der Waals surface area (Å²) in [6.45, 7) is 1.83. The topological polar surface area (TPSA) is 114 Å². The highest BCUT2D eigenvalue weighted by molar-refractivity contribution is 7.73. The van der Waals surface area contributed by atoms with Gasteiger partial charge in [-0.3, -0.25) is 5.10 Å². The highest BCUT2D eigenvalue weighted by Crippen LogP contribution is 2.38. The molecule has 11 heteroatoms. The molecule has 1 aromatic carbocycles. The molecule has 126 valence electrons. The molecule has 0 aliphatic carbocycles. The van der Waals surface area contributed by atoms with Crippen molar-refractivity contribution < 1.29 is 19.7 Å². The van der Waals surface area contributed by atoms with Gasteiger partial charge in [0, 0.05) is 5.56 Å². The van der Waals surface area contributed by atoms with Crippen molar-refractivity contribution >= 4 is 40.3 Å². The summed E-state index contributed by atoms with van der Waals surface area (Å²) in [6.07, 6.45) is 0. The number of ether oxygens (including phenoxy) is 2. The first-order valence-corrected chi connectivity index (χ1v) is 7.87. The summed E-state index contributed by atoms with van der Waals surface area (Å²) in [6, 6.07) is 1.67. The molecule has 0 unspecified atom stereocenters. The number of aromatic nitrogens is 4. The van der Waals surface area contributed by atoms with E-state index >= 15 is 0 Å². The predicted molar refractivity (Wildman–Crippen MR) is 91.0 cm³/mol. The molecule has 2 aromatic heterocycles. The molecule has 0 aliphatic rings. The number of rotatable bonds is 5. The lowest BCUT2D eigenvalue weighted by atomic mass is 10.0. The van der Waals surface area contributed by atoms with Gasteiger partial charge in [0.1, 0.15) is 10.5 Å². The summed E-state index contributed by atoms with van der Waals surface area (Å²) in [7, 11) is 2.96. The summed E-state index contributed by atoms with van der Waals surface area (Å²) in [5, 5.41) is 16.3. The molecule has 0 radical (unpaired) electrons. The lowest BCUT2D eigenvalue weighted by Gasteiger charge is -2.14. The van der Waals surface area contributed by atoms with Gasteiger partial charge in [0.05, 0.1) is 25.4 Å². The maximum atomic E-state index is 8.74. The molecule has 24 heavy (non-hydrogen) atoms. The Morgan fingerprint density at radius 2 is 1.96 bits per heavy atom. The van der Waals surface area contributed by atoms with Crippen LogP contribution in [0.15, 0.2) is 6.07 Å². The van der Waals surface area contributed by atoms with Crippen molar-refractivity contribution in [3.05, 3.63) is 15.6 Å². The molecule has 3 rings (SSSR count). The largest absolute Gasteiger partial charge is 0.477 e. The molecule has 0 fully saturated rings. The summed E-state index contributed by atoms with van der Waals surface area (Å²) in [5.41, 5.74) is 5.42. The van der Waals surface area contributed by atoms with Crippen LogP contribution in [-0.2, 0) is 4.99 Å². The quantitative estimate of drug-likeness (QED) is 0.356. The van der Waals surface area contributed by atoms with Gasteiger partial charge in [0.15, 0.2) is 3.95 Å². The van der Waals surface area contributed by atoms with E-state index in [2.05, 4.69) is 30.6 Å². The molecule has 0 saturated heterocycles. The highest BCUT2D eigenvalue weighted by atomic mass is 32.1. The average Bonchev–Trinajstić information content (AvgIpc) is 3.00. The van der Waals surface area contributed by atoms with Crippen LogP contribution in [0.3, 0.4) is 0 Å². The van der Waals surface area contributed by atoms with E-state index in [9.17, 15) is 0 Å². The normalized spacial score (nSPS) is 10.8. The Morgan fingerprint density at radius 1 is 1.25 bits per heavy atom. The number of H-pyrrole nitrogens is 1. The number of fused-ring (bicyclic) bond motifs is 1. The first kappa shape index (κ1) is 16.5. The Balaban J connectivity index is 2.40. The SMILES string of the molecule is COc1nc2cc(NOO)c(C)c(-c3n[nH]c(=S)s3)c2nc1OC. The summed E-state index contributed by atoms with van der Waals surface area (Å²) >= 11 is 6.41. The van der Waals surface area contributed by atoms with E-state index in [1.165, 1.54) is 25.6 Å². The second kappa shape index (κ2) is 6.65. The molecule has 9 nitrogen and oxygen atoms in total. The van der Waals surface area contributed by atoms with E-state index in [0.29, 0.717) is 31.2 Å². The molecule has 0 spiro atoms. The Bertz CT molecular complexity index is 955. The summed E-state index contributed by atoms with van der Waals surface area (Å²) in [4.78, 5) is 12.9. The minimum Gasteiger partial charge on any atom is -0.477 e. The second-order valence-electron chi connectivity index (χ2n) is 4.65. The Hall–Kier alpha value is -2.34. The fourth-order valence-electron chi connectivity index (χ4n) is 2.28. The van der Waals surface area contributed by atoms with Crippen LogP contribution >= 0.6 is 23.6 Å². The number of benzene rings is 1. The smallest absolute Gasteiger partial charge is 0.278 e. The maximum absolute atomic E-state index is 8.74. The van der Waals surface area contributed by atoms with Crippen molar-refractivity contribution in [3.63, 3.8) is 0 Å². The molecule has 0 bridgehead atoms. The number of nitrogens with one attached hydrogen (secondary N) is 2. The van der Waals surface area contributed by atoms with Gasteiger partial charge < -0.3 is 9.47 Å². The van der Waals surface area contributed by atoms with Gasteiger partial charge in [-0.2, -0.15) is 5.10 Å². The fourth-order valence-corrected chi connectivity index (χ4v) is 3.27. The van der Waals surface area contributed by atoms with E-state index in [-0.39, 0.29) is 11.8 Å². The monoisotopic (exact) mass is 367 g/mol. The zero-order chi connectivity index (χ0) is 17.3. The molecule has 0 saturated carbocycles. The van der Waals surface area contributed by atoms with Crippen molar-refractivity contribution in [3.8, 4) is 22.3 Å². The van der Waals surface area contributed by atoms with E-state index in [1.54, 1.807) is 6.07 Å². The minimum atomic E-state index is 0.241. The first-order valence-electron chi connectivity index (χ1n) is 6.64. The van der Waals surface area contributed by atoms with Gasteiger partial charge in [-0.05, 0) is 30.8 Å². The molecule has 3 N–H and O–H groups in total. The third kappa shape index (κ3) is 2.78. The number of anilines is 1. The van der Waals surface area contributed by atoms with Gasteiger partial charge in [0.25, 0.3) is 11.8 Å². The molecule has 0 atom stereocenters. The van der Waals surface area contributed by atoms with E-state index < -0.39 is 0 Å². The summed E-state index contributed by atoms with van der Waals surface area (Å²) < 4.78 is 11.0. The van der Waals surface area contributed by atoms with E-state index in [0.717, 1.165) is 5.56 Å². The molecular formula is C13H13N5O4S2. The van der Waals surface area contributed by atoms with Crippen LogP contribution < -0.4 is 15.0 Å². The van der Waals surface area contributed by atoms with Crippen molar-refractivity contribution in [1.29, 1.82) is 0 Å². The number of methoxy groups -OCH3 is 2. The standard InChI is InChI=1S/C13H13N5O4S2/c1-5-6(18-22-19)4-7-9(8(5)12-16-17-13(23)24-12)15-11(21-3)10(14-7)20-2/h4,18-19H,1-3H3,(H,17,23). The van der Waals surface area contributed by atoms with E-state index in [1.807, 2.05) is 6.92 Å². The minimum absolute atomic E-state index is 0.241. The molecule has 0 amide bonds. The Labute approximate surface area is 145 Å². The van der Waals surface area contributed by atoms with Crippen LogP contribution in [0, 0.1) is 10.9 Å². The van der Waals surface area contributed by atoms with Crippen molar-refractivity contribution in [1.82, 2.24) is 20.2 Å². The van der Waals surface area contributed by atoms with Gasteiger partial charge in [-0.1, -0.05) is 11.3 Å². The number of hydrogen-bond donors (Lipinski definition) is 3. The van der Waals surface area contributed by atoms with Crippen molar-refractivity contribution in [2.75, 3.05) is 19.7 Å². The zero-order valence-electron chi connectivity index (χ0n) is 12.9. The highest BCUT2D eigenvalue weighted by Gasteiger charge is 2.20. The first-order chi connectivity index (χ1) is 11.6. The van der Waals surface area contributed by atoms with Gasteiger partial charge >= 0.3 is 0 Å². The van der Waals surface area contributed by atoms with Gasteiger partial charge in [0.2, 0.25) is 0 Å². The zero-order valence-corrected chi connectivity index (χ0v) is 14.5. The molecular weight excluding hydrogens is 354 g/mol. The van der Waals surface area contributed by atoms with Gasteiger partial charge in [-0.15, -0.1) is 4.99 Å². The van der Waals surface area contributed by atoms with Crippen LogP contribution in [-0.4, -0.2) is 39.6 Å². The van der Waals surface area contributed by atoms with Crippen LogP contribution in [0.25, 0.3) is 21.6 Å². The van der Waals surface area contributed by atoms with Crippen LogP contribution in [0.5, 0.6) is 11.8 Å². The molecule has 0 aliphatic heterocycles. The fraction of sp³-hybridized carbons (Fsp3) is 0.231. The maximum Gasteiger partial charge on any atom is 0.278 e. The summed E-state index contributed by atoms with van der Waals surface area (Å²) in [5.74, 6) is 0.495. The third-order valence-electron chi connectivity index (χ3n) is 3.35. The molecule has 2 heterocycles. The third-order valence-corrected chi connectivity index (χ3v) is 4.46. The second-order valence-corrected chi connectivity index (χ2v) is 6.31. The Morgan fingerprint density at radius 3 is 2.54 bits per heavy atom. The van der Waals surface area contributed by atoms with E-state index in [4.69, 9.17) is 26.9 Å². The van der Waals surface area contributed by atoms with Crippen LogP contribution in [0.4, 0.5) is 5.69 Å². The number of hydrogen-bond acceptors (Lipinski definition) is 10.